The van der Waals surface area contributed by atoms with Gasteiger partial charge < -0.3 is 30.0 Å². The number of aliphatic hydroxyl groups is 1. The van der Waals surface area contributed by atoms with Gasteiger partial charge in [-0.3, -0.25) is 4.72 Å². The number of rotatable bonds is 10. The van der Waals surface area contributed by atoms with Crippen LogP contribution < -0.4 is 19.5 Å². The topological polar surface area (TPSA) is 150 Å². The molecule has 10 nitrogen and oxygen atoms in total. The summed E-state index contributed by atoms with van der Waals surface area (Å²) in [4.78, 5) is 13.7. The van der Waals surface area contributed by atoms with Crippen LogP contribution in [0.5, 0.6) is 11.6 Å². The summed E-state index contributed by atoms with van der Waals surface area (Å²) < 4.78 is 35.5. The quantitative estimate of drug-likeness (QED) is 0.227. The van der Waals surface area contributed by atoms with Crippen molar-refractivity contribution in [1.29, 1.82) is 0 Å². The van der Waals surface area contributed by atoms with Gasteiger partial charge in [0, 0.05) is 35.8 Å². The van der Waals surface area contributed by atoms with Crippen molar-refractivity contribution in [3.8, 4) is 11.6 Å². The second kappa shape index (κ2) is 9.90. The van der Waals surface area contributed by atoms with Gasteiger partial charge in [0.2, 0.25) is 15.9 Å². The standard InChI is InChI=1S/C21H25N3O7S/c1-13-17-7-6-16(11-18(17)23-20(13)31-21(26)27)30-9-8-22-12-19(25)14-4-3-5-15(10-14)24-32(2,28)29/h3-7,10-11,19,22-25H,8-9,12H2,1-2H3,(H,26,27)/t19-/m0/s1. The number of H-pyrrole nitrogens is 1. The second-order valence-electron chi connectivity index (χ2n) is 7.22. The number of carboxylic acid groups (broad SMARTS) is 1. The van der Waals surface area contributed by atoms with Crippen molar-refractivity contribution in [2.75, 3.05) is 30.7 Å². The number of anilines is 1. The lowest BCUT2D eigenvalue weighted by Crippen LogP contribution is -2.26. The fourth-order valence-electron chi connectivity index (χ4n) is 3.19. The molecule has 0 aliphatic heterocycles. The van der Waals surface area contributed by atoms with Crippen LogP contribution in [0.2, 0.25) is 0 Å². The van der Waals surface area contributed by atoms with Crippen LogP contribution in [0.15, 0.2) is 42.5 Å². The lowest BCUT2D eigenvalue weighted by atomic mass is 10.1. The van der Waals surface area contributed by atoms with Crippen LogP contribution >= 0.6 is 0 Å². The van der Waals surface area contributed by atoms with Crippen molar-refractivity contribution in [1.82, 2.24) is 10.3 Å². The Kier molecular flexibility index (Phi) is 7.23. The highest BCUT2D eigenvalue weighted by molar-refractivity contribution is 7.92. The fraction of sp³-hybridized carbons (Fsp3) is 0.286. The summed E-state index contributed by atoms with van der Waals surface area (Å²) in [6, 6.07) is 11.9. The van der Waals surface area contributed by atoms with Gasteiger partial charge in [-0.1, -0.05) is 12.1 Å². The molecule has 1 heterocycles. The first-order valence-electron chi connectivity index (χ1n) is 9.75. The van der Waals surface area contributed by atoms with Gasteiger partial charge in [-0.25, -0.2) is 13.2 Å². The zero-order valence-corrected chi connectivity index (χ0v) is 18.4. The highest BCUT2D eigenvalue weighted by atomic mass is 32.2. The van der Waals surface area contributed by atoms with Gasteiger partial charge in [0.25, 0.3) is 0 Å². The number of ether oxygens (including phenoxy) is 2. The van der Waals surface area contributed by atoms with Gasteiger partial charge in [0.15, 0.2) is 0 Å². The number of fused-ring (bicyclic) bond motifs is 1. The molecular formula is C21H25N3O7S. The molecule has 3 aromatic rings. The number of aliphatic hydroxyl groups excluding tert-OH is 1. The maximum absolute atomic E-state index is 11.3. The molecule has 0 radical (unpaired) electrons. The molecule has 0 saturated heterocycles. The average molecular weight is 464 g/mol. The Morgan fingerprint density at radius 2 is 2.00 bits per heavy atom. The van der Waals surface area contributed by atoms with Gasteiger partial charge in [-0.05, 0) is 36.8 Å². The molecule has 1 atom stereocenters. The van der Waals surface area contributed by atoms with E-state index < -0.39 is 22.3 Å². The van der Waals surface area contributed by atoms with E-state index in [4.69, 9.17) is 14.6 Å². The van der Waals surface area contributed by atoms with E-state index in [1.165, 1.54) is 0 Å². The molecular weight excluding hydrogens is 438 g/mol. The minimum Gasteiger partial charge on any atom is -0.492 e. The van der Waals surface area contributed by atoms with Crippen LogP contribution in [0.1, 0.15) is 17.2 Å². The number of sulfonamides is 1. The first-order valence-corrected chi connectivity index (χ1v) is 11.6. The van der Waals surface area contributed by atoms with Crippen LogP contribution in [0.25, 0.3) is 10.9 Å². The monoisotopic (exact) mass is 463 g/mol. The Morgan fingerprint density at radius 1 is 1.22 bits per heavy atom. The molecule has 0 spiro atoms. The molecule has 0 aliphatic carbocycles. The van der Waals surface area contributed by atoms with E-state index in [9.17, 15) is 18.3 Å². The summed E-state index contributed by atoms with van der Waals surface area (Å²) >= 11 is 0. The summed E-state index contributed by atoms with van der Waals surface area (Å²) in [5.41, 5.74) is 2.36. The van der Waals surface area contributed by atoms with Crippen LogP contribution in [0.4, 0.5) is 10.5 Å². The first-order chi connectivity index (χ1) is 15.1. The van der Waals surface area contributed by atoms with E-state index in [1.54, 1.807) is 43.3 Å². The maximum atomic E-state index is 11.3. The molecule has 0 fully saturated rings. The highest BCUT2D eigenvalue weighted by Crippen LogP contribution is 2.30. The summed E-state index contributed by atoms with van der Waals surface area (Å²) in [6.07, 6.45) is -1.14. The summed E-state index contributed by atoms with van der Waals surface area (Å²) in [7, 11) is -3.39. The number of hydrogen-bond acceptors (Lipinski definition) is 7. The number of hydrogen-bond donors (Lipinski definition) is 5. The molecule has 3 rings (SSSR count). The highest BCUT2D eigenvalue weighted by Gasteiger charge is 2.13. The van der Waals surface area contributed by atoms with Crippen molar-refractivity contribution >= 4 is 32.8 Å². The van der Waals surface area contributed by atoms with Crippen LogP contribution in [-0.4, -0.2) is 55.7 Å². The second-order valence-corrected chi connectivity index (χ2v) is 8.97. The van der Waals surface area contributed by atoms with Gasteiger partial charge in [0.05, 0.1) is 17.9 Å². The Bertz CT molecular complexity index is 1210. The largest absolute Gasteiger partial charge is 0.512 e. The molecule has 0 unspecified atom stereocenters. The first kappa shape index (κ1) is 23.4. The Labute approximate surface area is 185 Å². The Morgan fingerprint density at radius 3 is 2.72 bits per heavy atom. The zero-order valence-electron chi connectivity index (χ0n) is 17.6. The molecule has 11 heteroatoms. The van der Waals surface area contributed by atoms with Crippen LogP contribution in [0.3, 0.4) is 0 Å². The minimum atomic E-state index is -3.39. The Balaban J connectivity index is 1.48. The van der Waals surface area contributed by atoms with Crippen molar-refractivity contribution in [3.05, 3.63) is 53.6 Å². The molecule has 0 saturated carbocycles. The molecule has 0 amide bonds. The number of aryl methyl sites for hydroxylation is 1. The van der Waals surface area contributed by atoms with Crippen LogP contribution in [-0.2, 0) is 10.0 Å². The normalized spacial score (nSPS) is 12.5. The SMILES string of the molecule is Cc1c(OC(=O)O)[nH]c2cc(OCCNC[C@H](O)c3cccc(NS(C)(=O)=O)c3)ccc12. The zero-order chi connectivity index (χ0) is 23.3. The lowest BCUT2D eigenvalue weighted by Gasteiger charge is -2.14. The summed E-state index contributed by atoms with van der Waals surface area (Å²) in [5, 5.41) is 23.0. The van der Waals surface area contributed by atoms with Gasteiger partial charge in [-0.15, -0.1) is 0 Å². The number of nitrogens with one attached hydrogen (secondary N) is 3. The predicted molar refractivity (Wildman–Crippen MR) is 120 cm³/mol. The predicted octanol–water partition coefficient (Wildman–Crippen LogP) is 2.61. The third-order valence-electron chi connectivity index (χ3n) is 4.63. The van der Waals surface area contributed by atoms with E-state index in [-0.39, 0.29) is 12.4 Å². The molecule has 32 heavy (non-hydrogen) atoms. The van der Waals surface area contributed by atoms with Crippen molar-refractivity contribution in [2.45, 2.75) is 13.0 Å². The maximum Gasteiger partial charge on any atom is 0.512 e. The summed E-state index contributed by atoms with van der Waals surface area (Å²) in [5.74, 6) is 0.777. The van der Waals surface area contributed by atoms with Gasteiger partial charge >= 0.3 is 6.16 Å². The lowest BCUT2D eigenvalue weighted by molar-refractivity contribution is 0.142. The minimum absolute atomic E-state index is 0.177. The number of aromatic nitrogens is 1. The van der Waals surface area contributed by atoms with E-state index in [1.807, 2.05) is 6.07 Å². The van der Waals surface area contributed by atoms with E-state index in [0.717, 1.165) is 11.6 Å². The van der Waals surface area contributed by atoms with E-state index in [2.05, 4.69) is 15.0 Å². The van der Waals surface area contributed by atoms with Gasteiger partial charge in [0.1, 0.15) is 12.4 Å². The number of carbonyl (C=O) groups is 1. The number of benzene rings is 2. The fourth-order valence-corrected chi connectivity index (χ4v) is 3.75. The molecule has 0 bridgehead atoms. The molecule has 2 aromatic carbocycles. The van der Waals surface area contributed by atoms with Crippen molar-refractivity contribution in [2.24, 2.45) is 0 Å². The molecule has 5 N–H and O–H groups in total. The third-order valence-corrected chi connectivity index (χ3v) is 5.24. The van der Waals surface area contributed by atoms with E-state index >= 15 is 0 Å². The van der Waals surface area contributed by atoms with Crippen molar-refractivity contribution < 1.29 is 32.9 Å². The smallest absolute Gasteiger partial charge is 0.492 e. The average Bonchev–Trinajstić information content (AvgIpc) is 3.00. The van der Waals surface area contributed by atoms with Crippen molar-refractivity contribution in [3.63, 3.8) is 0 Å². The van der Waals surface area contributed by atoms with Crippen LogP contribution in [0, 0.1) is 6.92 Å². The molecule has 0 aliphatic rings. The van der Waals surface area contributed by atoms with E-state index in [0.29, 0.717) is 41.2 Å². The molecule has 1 aromatic heterocycles. The Hall–Kier alpha value is -3.28. The molecule has 172 valence electrons. The van der Waals surface area contributed by atoms with Gasteiger partial charge in [-0.2, -0.15) is 0 Å². The summed E-state index contributed by atoms with van der Waals surface area (Å²) in [6.45, 7) is 2.83. The number of aromatic amines is 1. The third kappa shape index (κ3) is 6.36.